The van der Waals surface area contributed by atoms with E-state index in [4.69, 9.17) is 4.74 Å². The maximum Gasteiger partial charge on any atom is 0.256 e. The highest BCUT2D eigenvalue weighted by molar-refractivity contribution is 7.08. The third-order valence-corrected chi connectivity index (χ3v) is 6.17. The van der Waals surface area contributed by atoms with Gasteiger partial charge in [-0.05, 0) is 48.2 Å². The van der Waals surface area contributed by atoms with Crippen molar-refractivity contribution < 1.29 is 14.3 Å². The first kappa shape index (κ1) is 22.0. The number of benzene rings is 2. The van der Waals surface area contributed by atoms with Crippen LogP contribution in [0.5, 0.6) is 5.75 Å². The molecule has 1 saturated heterocycles. The molecule has 1 aromatic heterocycles. The lowest BCUT2D eigenvalue weighted by Crippen LogP contribution is -2.48. The molecule has 0 spiro atoms. The second-order valence-electron chi connectivity index (χ2n) is 7.66. The highest BCUT2D eigenvalue weighted by Gasteiger charge is 2.24. The molecule has 3 aromatic rings. The molecule has 7 heteroatoms. The summed E-state index contributed by atoms with van der Waals surface area (Å²) in [5.74, 6) is 0.634. The molecule has 6 nitrogen and oxygen atoms in total. The van der Waals surface area contributed by atoms with Gasteiger partial charge in [0.2, 0.25) is 0 Å². The van der Waals surface area contributed by atoms with Crippen LogP contribution in [0.2, 0.25) is 0 Å². The molecule has 0 unspecified atom stereocenters. The molecule has 1 aliphatic heterocycles. The fourth-order valence-electron chi connectivity index (χ4n) is 3.76. The quantitative estimate of drug-likeness (QED) is 0.582. The Balaban J connectivity index is 1.35. The zero-order valence-electron chi connectivity index (χ0n) is 18.1. The van der Waals surface area contributed by atoms with Gasteiger partial charge in [0, 0.05) is 38.1 Å². The zero-order valence-corrected chi connectivity index (χ0v) is 18.9. The van der Waals surface area contributed by atoms with E-state index < -0.39 is 0 Å². The number of hydrogen-bond acceptors (Lipinski definition) is 5. The smallest absolute Gasteiger partial charge is 0.256 e. The summed E-state index contributed by atoms with van der Waals surface area (Å²) in [4.78, 5) is 29.9. The number of amides is 2. The second-order valence-corrected chi connectivity index (χ2v) is 8.44. The molecular weight excluding hydrogens is 422 g/mol. The maximum atomic E-state index is 13.2. The minimum Gasteiger partial charge on any atom is -0.494 e. The maximum absolute atomic E-state index is 13.2. The fraction of sp³-hybridized carbons (Fsp3) is 0.280. The van der Waals surface area contributed by atoms with Gasteiger partial charge in [-0.15, -0.1) is 0 Å². The van der Waals surface area contributed by atoms with Gasteiger partial charge in [0.05, 0.1) is 23.4 Å². The first-order valence-corrected chi connectivity index (χ1v) is 11.7. The summed E-state index contributed by atoms with van der Waals surface area (Å²) in [5.41, 5.74) is 2.90. The summed E-state index contributed by atoms with van der Waals surface area (Å²) in [6, 6.07) is 17.2. The molecular formula is C25H27N3O3S. The van der Waals surface area contributed by atoms with Crippen LogP contribution in [0.25, 0.3) is 0 Å². The number of piperazine rings is 1. The van der Waals surface area contributed by atoms with E-state index >= 15 is 0 Å². The molecule has 166 valence electrons. The number of nitrogens with one attached hydrogen (secondary N) is 1. The van der Waals surface area contributed by atoms with E-state index in [1.54, 1.807) is 23.6 Å². The average Bonchev–Trinajstić information content (AvgIpc) is 3.36. The number of ether oxygens (including phenoxy) is 1. The van der Waals surface area contributed by atoms with E-state index in [-0.39, 0.29) is 11.8 Å². The van der Waals surface area contributed by atoms with Crippen LogP contribution in [0.3, 0.4) is 0 Å². The summed E-state index contributed by atoms with van der Waals surface area (Å²) < 4.78 is 5.50. The SMILES string of the molecule is CCOc1ccc(CN2CCN(C(=O)c3ccccc3NC(=O)c3ccsc3)CC2)cc1. The molecule has 1 N–H and O–H groups in total. The standard InChI is InChI=1S/C25H27N3O3S/c1-2-31-21-9-7-19(8-10-21)17-27-12-14-28(15-13-27)25(30)22-5-3-4-6-23(22)26-24(29)20-11-16-32-18-20/h3-11,16,18H,2,12-15,17H2,1H3,(H,26,29). The predicted molar refractivity (Wildman–Crippen MR) is 128 cm³/mol. The lowest BCUT2D eigenvalue weighted by molar-refractivity contribution is 0.0629. The van der Waals surface area contributed by atoms with Crippen molar-refractivity contribution in [2.75, 3.05) is 38.1 Å². The van der Waals surface area contributed by atoms with Crippen molar-refractivity contribution in [2.45, 2.75) is 13.5 Å². The van der Waals surface area contributed by atoms with Crippen molar-refractivity contribution in [2.24, 2.45) is 0 Å². The number of thiophene rings is 1. The van der Waals surface area contributed by atoms with Gasteiger partial charge in [-0.3, -0.25) is 14.5 Å². The summed E-state index contributed by atoms with van der Waals surface area (Å²) >= 11 is 1.47. The average molecular weight is 450 g/mol. The minimum absolute atomic E-state index is 0.0491. The first-order chi connectivity index (χ1) is 15.6. The largest absolute Gasteiger partial charge is 0.494 e. The molecule has 0 bridgehead atoms. The van der Waals surface area contributed by atoms with Gasteiger partial charge in [-0.25, -0.2) is 0 Å². The van der Waals surface area contributed by atoms with Crippen LogP contribution in [-0.4, -0.2) is 54.4 Å². The number of nitrogens with zero attached hydrogens (tertiary/aromatic N) is 2. The van der Waals surface area contributed by atoms with Crippen molar-refractivity contribution in [1.82, 2.24) is 9.80 Å². The monoisotopic (exact) mass is 449 g/mol. The van der Waals surface area contributed by atoms with Crippen molar-refractivity contribution in [3.8, 4) is 5.75 Å². The summed E-state index contributed by atoms with van der Waals surface area (Å²) in [6.07, 6.45) is 0. The Kier molecular flexibility index (Phi) is 7.19. The first-order valence-electron chi connectivity index (χ1n) is 10.8. The van der Waals surface area contributed by atoms with Crippen molar-refractivity contribution in [1.29, 1.82) is 0 Å². The van der Waals surface area contributed by atoms with Crippen LogP contribution in [0.15, 0.2) is 65.4 Å². The Labute approximate surface area is 192 Å². The number of anilines is 1. The molecule has 2 amide bonds. The zero-order chi connectivity index (χ0) is 22.3. The number of para-hydroxylation sites is 1. The molecule has 1 aliphatic rings. The Morgan fingerprint density at radius 2 is 1.75 bits per heavy atom. The number of rotatable bonds is 7. The topological polar surface area (TPSA) is 61.9 Å². The third kappa shape index (κ3) is 5.36. The molecule has 32 heavy (non-hydrogen) atoms. The number of carbonyl (C=O) groups is 2. The molecule has 2 heterocycles. The lowest BCUT2D eigenvalue weighted by atomic mass is 10.1. The van der Waals surface area contributed by atoms with Gasteiger partial charge in [-0.2, -0.15) is 11.3 Å². The number of hydrogen-bond donors (Lipinski definition) is 1. The Hall–Kier alpha value is -3.16. The third-order valence-electron chi connectivity index (χ3n) is 5.49. The van der Waals surface area contributed by atoms with Gasteiger partial charge in [0.25, 0.3) is 11.8 Å². The Morgan fingerprint density at radius 1 is 1.00 bits per heavy atom. The Morgan fingerprint density at radius 3 is 2.44 bits per heavy atom. The summed E-state index contributed by atoms with van der Waals surface area (Å²) in [5, 5.41) is 6.54. The second kappa shape index (κ2) is 10.4. The van der Waals surface area contributed by atoms with Gasteiger partial charge >= 0.3 is 0 Å². The van der Waals surface area contributed by atoms with Crippen LogP contribution >= 0.6 is 11.3 Å². The molecule has 0 atom stereocenters. The molecule has 2 aromatic carbocycles. The van der Waals surface area contributed by atoms with Crippen LogP contribution in [0.4, 0.5) is 5.69 Å². The van der Waals surface area contributed by atoms with Gasteiger partial charge in [0.1, 0.15) is 5.75 Å². The van der Waals surface area contributed by atoms with E-state index in [1.165, 1.54) is 16.9 Å². The van der Waals surface area contributed by atoms with E-state index in [2.05, 4.69) is 22.3 Å². The highest BCUT2D eigenvalue weighted by atomic mass is 32.1. The van der Waals surface area contributed by atoms with Crippen molar-refractivity contribution >= 4 is 28.8 Å². The predicted octanol–water partition coefficient (Wildman–Crippen LogP) is 4.36. The van der Waals surface area contributed by atoms with E-state index in [0.717, 1.165) is 25.4 Å². The van der Waals surface area contributed by atoms with Crippen LogP contribution in [0.1, 0.15) is 33.2 Å². The lowest BCUT2D eigenvalue weighted by Gasteiger charge is -2.35. The number of carbonyl (C=O) groups excluding carboxylic acids is 2. The Bertz CT molecular complexity index is 1040. The van der Waals surface area contributed by atoms with Crippen LogP contribution in [-0.2, 0) is 6.54 Å². The van der Waals surface area contributed by atoms with Crippen LogP contribution in [0, 0.1) is 0 Å². The fourth-order valence-corrected chi connectivity index (χ4v) is 4.40. The molecule has 0 saturated carbocycles. The van der Waals surface area contributed by atoms with Crippen molar-refractivity contribution in [3.63, 3.8) is 0 Å². The normalized spacial score (nSPS) is 14.2. The van der Waals surface area contributed by atoms with E-state index in [9.17, 15) is 9.59 Å². The van der Waals surface area contributed by atoms with E-state index in [0.29, 0.717) is 36.5 Å². The van der Waals surface area contributed by atoms with Gasteiger partial charge in [-0.1, -0.05) is 24.3 Å². The van der Waals surface area contributed by atoms with Crippen molar-refractivity contribution in [3.05, 3.63) is 82.0 Å². The van der Waals surface area contributed by atoms with Gasteiger partial charge < -0.3 is 15.0 Å². The van der Waals surface area contributed by atoms with Gasteiger partial charge in [0.15, 0.2) is 0 Å². The highest BCUT2D eigenvalue weighted by Crippen LogP contribution is 2.21. The molecule has 4 rings (SSSR count). The summed E-state index contributed by atoms with van der Waals surface area (Å²) in [6.45, 7) is 6.42. The summed E-state index contributed by atoms with van der Waals surface area (Å²) in [7, 11) is 0. The minimum atomic E-state index is -0.202. The molecule has 0 aliphatic carbocycles. The van der Waals surface area contributed by atoms with E-state index in [1.807, 2.05) is 41.5 Å². The molecule has 0 radical (unpaired) electrons. The van der Waals surface area contributed by atoms with Crippen LogP contribution < -0.4 is 10.1 Å². The molecule has 1 fully saturated rings.